The zero-order valence-corrected chi connectivity index (χ0v) is 14.4. The van der Waals surface area contributed by atoms with E-state index in [0.717, 1.165) is 26.2 Å². The molecular formula is C16H27N3OS. The molecule has 1 amide bonds. The summed E-state index contributed by atoms with van der Waals surface area (Å²) in [7, 11) is 2.16. The van der Waals surface area contributed by atoms with Crippen molar-refractivity contribution in [2.24, 2.45) is 5.41 Å². The van der Waals surface area contributed by atoms with Gasteiger partial charge in [0, 0.05) is 38.1 Å². The molecule has 2 heterocycles. The molecule has 4 nitrogen and oxygen atoms in total. The molecule has 0 unspecified atom stereocenters. The molecule has 0 aliphatic carbocycles. The largest absolute Gasteiger partial charge is 0.354 e. The van der Waals surface area contributed by atoms with Crippen molar-refractivity contribution in [3.63, 3.8) is 0 Å². The van der Waals surface area contributed by atoms with Gasteiger partial charge in [-0.25, -0.2) is 0 Å². The summed E-state index contributed by atoms with van der Waals surface area (Å²) in [5, 5.41) is 7.45. The summed E-state index contributed by atoms with van der Waals surface area (Å²) >= 11 is 1.72. The van der Waals surface area contributed by atoms with Gasteiger partial charge in [0.15, 0.2) is 0 Å². The zero-order valence-electron chi connectivity index (χ0n) is 13.6. The van der Waals surface area contributed by atoms with Gasteiger partial charge in [0.05, 0.1) is 6.04 Å². The summed E-state index contributed by atoms with van der Waals surface area (Å²) in [5.74, 6) is 0.122. The van der Waals surface area contributed by atoms with Crippen LogP contribution >= 0.6 is 11.3 Å². The van der Waals surface area contributed by atoms with Crippen LogP contribution in [-0.2, 0) is 4.79 Å². The molecule has 1 aliphatic heterocycles. The number of carbonyl (C=O) groups excluding carboxylic acids is 1. The van der Waals surface area contributed by atoms with Crippen molar-refractivity contribution in [1.82, 2.24) is 15.1 Å². The van der Waals surface area contributed by atoms with Crippen molar-refractivity contribution in [1.29, 1.82) is 0 Å². The van der Waals surface area contributed by atoms with Gasteiger partial charge in [-0.15, -0.1) is 0 Å². The van der Waals surface area contributed by atoms with E-state index in [4.69, 9.17) is 0 Å². The highest BCUT2D eigenvalue weighted by Crippen LogP contribution is 2.24. The number of hydrogen-bond acceptors (Lipinski definition) is 4. The van der Waals surface area contributed by atoms with Gasteiger partial charge in [-0.05, 0) is 29.4 Å². The fourth-order valence-electron chi connectivity index (χ4n) is 2.51. The number of carbonyl (C=O) groups is 1. The first-order chi connectivity index (χ1) is 9.88. The molecule has 1 N–H and O–H groups in total. The lowest BCUT2D eigenvalue weighted by Crippen LogP contribution is -2.49. The van der Waals surface area contributed by atoms with Crippen LogP contribution in [0.25, 0.3) is 0 Å². The highest BCUT2D eigenvalue weighted by molar-refractivity contribution is 7.07. The van der Waals surface area contributed by atoms with Gasteiger partial charge in [0.2, 0.25) is 5.91 Å². The minimum absolute atomic E-state index is 0.122. The maximum atomic E-state index is 12.1. The Balaban J connectivity index is 2.02. The van der Waals surface area contributed by atoms with Crippen LogP contribution < -0.4 is 5.32 Å². The third-order valence-electron chi connectivity index (χ3n) is 4.04. The normalized spacial score (nSPS) is 19.4. The Kier molecular flexibility index (Phi) is 5.41. The van der Waals surface area contributed by atoms with Crippen LogP contribution in [0.5, 0.6) is 0 Å². The monoisotopic (exact) mass is 309 g/mol. The van der Waals surface area contributed by atoms with E-state index >= 15 is 0 Å². The SMILES string of the molecule is CN1CCN([C@@H](CNC(=O)C(C)(C)C)c2ccsc2)CC1. The lowest BCUT2D eigenvalue weighted by atomic mass is 9.95. The fourth-order valence-corrected chi connectivity index (χ4v) is 3.22. The van der Waals surface area contributed by atoms with Crippen LogP contribution in [0.2, 0.25) is 0 Å². The molecule has 1 aliphatic rings. The molecule has 0 aromatic carbocycles. The van der Waals surface area contributed by atoms with E-state index in [2.05, 4.69) is 39.0 Å². The Hall–Kier alpha value is -0.910. The minimum atomic E-state index is -0.332. The lowest BCUT2D eigenvalue weighted by molar-refractivity contribution is -0.128. The predicted molar refractivity (Wildman–Crippen MR) is 88.6 cm³/mol. The standard InChI is InChI=1S/C16H27N3OS/c1-16(2,3)15(20)17-11-14(13-5-10-21-12-13)19-8-6-18(4)7-9-19/h5,10,12,14H,6-9,11H2,1-4H3,(H,17,20)/t14-/m0/s1. The molecule has 0 radical (unpaired) electrons. The number of rotatable bonds is 4. The molecule has 0 saturated carbocycles. The quantitative estimate of drug-likeness (QED) is 0.926. The highest BCUT2D eigenvalue weighted by Gasteiger charge is 2.27. The Bertz CT molecular complexity index is 445. The highest BCUT2D eigenvalue weighted by atomic mass is 32.1. The number of likely N-dealkylation sites (N-methyl/N-ethyl adjacent to an activating group) is 1. The van der Waals surface area contributed by atoms with Gasteiger partial charge in [-0.3, -0.25) is 9.69 Å². The van der Waals surface area contributed by atoms with E-state index in [1.165, 1.54) is 5.56 Å². The van der Waals surface area contributed by atoms with E-state index in [0.29, 0.717) is 6.54 Å². The van der Waals surface area contributed by atoms with Gasteiger partial charge in [0.1, 0.15) is 0 Å². The van der Waals surface area contributed by atoms with Crippen molar-refractivity contribution in [3.05, 3.63) is 22.4 Å². The number of thiophene rings is 1. The fraction of sp³-hybridized carbons (Fsp3) is 0.688. The number of amides is 1. The van der Waals surface area contributed by atoms with Crippen molar-refractivity contribution in [2.75, 3.05) is 39.8 Å². The lowest BCUT2D eigenvalue weighted by Gasteiger charge is -2.38. The predicted octanol–water partition coefficient (Wildman–Crippen LogP) is 2.20. The summed E-state index contributed by atoms with van der Waals surface area (Å²) in [6.45, 7) is 10.9. The molecule has 1 aromatic rings. The molecule has 0 spiro atoms. The van der Waals surface area contributed by atoms with Crippen molar-refractivity contribution in [3.8, 4) is 0 Å². The van der Waals surface area contributed by atoms with Gasteiger partial charge in [-0.1, -0.05) is 20.8 Å². The molecule has 5 heteroatoms. The summed E-state index contributed by atoms with van der Waals surface area (Å²) in [6, 6.07) is 2.47. The Morgan fingerprint density at radius 2 is 2.00 bits per heavy atom. The first-order valence-corrected chi connectivity index (χ1v) is 8.55. The van der Waals surface area contributed by atoms with Gasteiger partial charge >= 0.3 is 0 Å². The number of nitrogens with one attached hydrogen (secondary N) is 1. The van der Waals surface area contributed by atoms with Crippen LogP contribution in [0.1, 0.15) is 32.4 Å². The summed E-state index contributed by atoms with van der Waals surface area (Å²) < 4.78 is 0. The van der Waals surface area contributed by atoms with Crippen LogP contribution in [-0.4, -0.2) is 55.5 Å². The van der Waals surface area contributed by atoms with Crippen molar-refractivity contribution < 1.29 is 4.79 Å². The number of hydrogen-bond donors (Lipinski definition) is 1. The summed E-state index contributed by atoms with van der Waals surface area (Å²) in [6.07, 6.45) is 0. The second kappa shape index (κ2) is 6.90. The van der Waals surface area contributed by atoms with Gasteiger partial charge < -0.3 is 10.2 Å². The summed E-state index contributed by atoms with van der Waals surface area (Å²) in [5.41, 5.74) is 0.986. The molecule has 1 saturated heterocycles. The van der Waals surface area contributed by atoms with Crippen molar-refractivity contribution in [2.45, 2.75) is 26.8 Å². The van der Waals surface area contributed by atoms with Crippen LogP contribution in [0, 0.1) is 5.41 Å². The minimum Gasteiger partial charge on any atom is -0.354 e. The molecule has 1 fully saturated rings. The molecule has 2 rings (SSSR count). The first-order valence-electron chi connectivity index (χ1n) is 7.61. The van der Waals surface area contributed by atoms with E-state index in [1.807, 2.05) is 20.8 Å². The Labute approximate surface area is 132 Å². The number of piperazine rings is 1. The van der Waals surface area contributed by atoms with Crippen LogP contribution in [0.4, 0.5) is 0 Å². The maximum absolute atomic E-state index is 12.1. The first kappa shape index (κ1) is 16.5. The van der Waals surface area contributed by atoms with E-state index < -0.39 is 0 Å². The average Bonchev–Trinajstić information content (AvgIpc) is 2.93. The third-order valence-corrected chi connectivity index (χ3v) is 4.75. The summed E-state index contributed by atoms with van der Waals surface area (Å²) in [4.78, 5) is 17.0. The van der Waals surface area contributed by atoms with Crippen molar-refractivity contribution >= 4 is 17.2 Å². The second-order valence-corrected chi connectivity index (χ2v) is 7.65. The molecule has 0 bridgehead atoms. The van der Waals surface area contributed by atoms with E-state index in [1.54, 1.807) is 11.3 Å². The Morgan fingerprint density at radius 3 is 2.52 bits per heavy atom. The number of nitrogens with zero attached hydrogens (tertiary/aromatic N) is 2. The molecular weight excluding hydrogens is 282 g/mol. The van der Waals surface area contributed by atoms with Gasteiger partial charge in [-0.2, -0.15) is 11.3 Å². The third kappa shape index (κ3) is 4.53. The smallest absolute Gasteiger partial charge is 0.225 e. The van der Waals surface area contributed by atoms with E-state index in [-0.39, 0.29) is 17.4 Å². The van der Waals surface area contributed by atoms with E-state index in [9.17, 15) is 4.79 Å². The van der Waals surface area contributed by atoms with Crippen LogP contribution in [0.3, 0.4) is 0 Å². The molecule has 1 atom stereocenters. The van der Waals surface area contributed by atoms with Crippen LogP contribution in [0.15, 0.2) is 16.8 Å². The maximum Gasteiger partial charge on any atom is 0.225 e. The second-order valence-electron chi connectivity index (χ2n) is 6.87. The zero-order chi connectivity index (χ0) is 15.5. The molecule has 21 heavy (non-hydrogen) atoms. The molecule has 118 valence electrons. The Morgan fingerprint density at radius 1 is 1.33 bits per heavy atom. The topological polar surface area (TPSA) is 35.6 Å². The van der Waals surface area contributed by atoms with Gasteiger partial charge in [0.25, 0.3) is 0 Å². The average molecular weight is 309 g/mol. The molecule has 1 aromatic heterocycles.